The molecule has 5 nitrogen and oxygen atoms in total. The highest BCUT2D eigenvalue weighted by atomic mass is 32.2. The van der Waals surface area contributed by atoms with Gasteiger partial charge in [0.1, 0.15) is 5.82 Å². The number of halogens is 1. The molecule has 134 valence electrons. The molecule has 1 N–H and O–H groups in total. The fourth-order valence-electron chi connectivity index (χ4n) is 2.31. The third-order valence-corrected chi connectivity index (χ3v) is 4.40. The first-order valence-electron chi connectivity index (χ1n) is 7.95. The highest BCUT2D eigenvalue weighted by Gasteiger charge is 2.24. The Hall–Kier alpha value is -2.80. The Labute approximate surface area is 154 Å². The van der Waals surface area contributed by atoms with E-state index in [1.54, 1.807) is 37.5 Å². The zero-order chi connectivity index (χ0) is 18.5. The lowest BCUT2D eigenvalue weighted by molar-refractivity contribution is -0.115. The summed E-state index contributed by atoms with van der Waals surface area (Å²) in [5, 5.41) is 3.15. The number of amides is 1. The lowest BCUT2D eigenvalue weighted by Gasteiger charge is -2.09. The van der Waals surface area contributed by atoms with Gasteiger partial charge in [0.15, 0.2) is 16.7 Å². The van der Waals surface area contributed by atoms with Gasteiger partial charge in [-0.3, -0.25) is 4.79 Å². The van der Waals surface area contributed by atoms with Crippen LogP contribution < -0.4 is 14.8 Å². The second kappa shape index (κ2) is 8.05. The first-order valence-corrected chi connectivity index (χ1v) is 8.76. The van der Waals surface area contributed by atoms with Crippen molar-refractivity contribution in [1.82, 2.24) is 5.32 Å². The van der Waals surface area contributed by atoms with Gasteiger partial charge in [-0.05, 0) is 66.7 Å². The Bertz CT molecular complexity index is 879. The van der Waals surface area contributed by atoms with Crippen molar-refractivity contribution in [2.45, 2.75) is 6.92 Å². The summed E-state index contributed by atoms with van der Waals surface area (Å²) in [6.45, 7) is 2.44. The van der Waals surface area contributed by atoms with Crippen molar-refractivity contribution in [2.75, 3.05) is 13.7 Å². The fraction of sp³-hybridized carbons (Fsp3) is 0.158. The molecule has 0 saturated carbocycles. The number of rotatable bonds is 5. The summed E-state index contributed by atoms with van der Waals surface area (Å²) in [4.78, 5) is 17.0. The smallest absolute Gasteiger partial charge is 0.264 e. The van der Waals surface area contributed by atoms with E-state index in [-0.39, 0.29) is 11.7 Å². The van der Waals surface area contributed by atoms with Crippen LogP contribution >= 0.6 is 11.8 Å². The van der Waals surface area contributed by atoms with Crippen LogP contribution in [0.15, 0.2) is 52.4 Å². The van der Waals surface area contributed by atoms with Crippen LogP contribution in [0.1, 0.15) is 12.5 Å². The molecule has 3 rings (SSSR count). The van der Waals surface area contributed by atoms with Crippen LogP contribution in [0, 0.1) is 5.82 Å². The molecule has 1 amide bonds. The molecule has 0 atom stereocenters. The van der Waals surface area contributed by atoms with Gasteiger partial charge in [0.05, 0.1) is 24.3 Å². The second-order valence-electron chi connectivity index (χ2n) is 5.30. The van der Waals surface area contributed by atoms with Crippen LogP contribution in [-0.4, -0.2) is 24.8 Å². The number of carbonyl (C=O) groups is 1. The summed E-state index contributed by atoms with van der Waals surface area (Å²) in [6, 6.07) is 11.2. The molecule has 0 unspecified atom stereocenters. The minimum absolute atomic E-state index is 0.233. The molecule has 1 saturated heterocycles. The average Bonchev–Trinajstić information content (AvgIpc) is 2.97. The molecule has 0 aliphatic carbocycles. The summed E-state index contributed by atoms with van der Waals surface area (Å²) in [5.41, 5.74) is 1.38. The van der Waals surface area contributed by atoms with Crippen LogP contribution in [-0.2, 0) is 4.79 Å². The van der Waals surface area contributed by atoms with Crippen molar-refractivity contribution < 1.29 is 18.7 Å². The molecule has 26 heavy (non-hydrogen) atoms. The van der Waals surface area contributed by atoms with Gasteiger partial charge in [0, 0.05) is 0 Å². The molecule has 2 aromatic carbocycles. The Balaban J connectivity index is 1.81. The number of nitrogens with zero attached hydrogens (tertiary/aromatic N) is 1. The number of amidine groups is 1. The third-order valence-electron chi connectivity index (χ3n) is 3.49. The predicted molar refractivity (Wildman–Crippen MR) is 101 cm³/mol. The molecule has 2 aromatic rings. The van der Waals surface area contributed by atoms with Crippen LogP contribution in [0.2, 0.25) is 0 Å². The van der Waals surface area contributed by atoms with Crippen molar-refractivity contribution >= 4 is 34.6 Å². The molecule has 0 aromatic heterocycles. The summed E-state index contributed by atoms with van der Waals surface area (Å²) in [7, 11) is 1.57. The number of thioether (sulfide) groups is 1. The Kier molecular flexibility index (Phi) is 5.58. The number of carbonyl (C=O) groups excluding carboxylic acids is 1. The number of methoxy groups -OCH3 is 1. The van der Waals surface area contributed by atoms with Gasteiger partial charge in [-0.15, -0.1) is 0 Å². The molecule has 1 fully saturated rings. The zero-order valence-electron chi connectivity index (χ0n) is 14.3. The lowest BCUT2D eigenvalue weighted by Crippen LogP contribution is -2.19. The molecule has 0 spiro atoms. The summed E-state index contributed by atoms with van der Waals surface area (Å²) >= 11 is 1.23. The van der Waals surface area contributed by atoms with Crippen molar-refractivity contribution in [1.29, 1.82) is 0 Å². The van der Waals surface area contributed by atoms with E-state index in [2.05, 4.69) is 10.3 Å². The van der Waals surface area contributed by atoms with Gasteiger partial charge in [0.25, 0.3) is 5.91 Å². The van der Waals surface area contributed by atoms with Gasteiger partial charge in [-0.2, -0.15) is 0 Å². The fourth-order valence-corrected chi connectivity index (χ4v) is 3.16. The number of benzene rings is 2. The molecule has 0 bridgehead atoms. The average molecular weight is 372 g/mol. The molecule has 0 radical (unpaired) electrons. The molecular formula is C19H17FN2O3S. The van der Waals surface area contributed by atoms with Gasteiger partial charge in [-0.1, -0.05) is 6.07 Å². The maximum Gasteiger partial charge on any atom is 0.264 e. The highest BCUT2D eigenvalue weighted by molar-refractivity contribution is 8.18. The number of ether oxygens (including phenoxy) is 2. The van der Waals surface area contributed by atoms with Crippen LogP contribution in [0.5, 0.6) is 11.5 Å². The largest absolute Gasteiger partial charge is 0.493 e. The van der Waals surface area contributed by atoms with Crippen LogP contribution in [0.4, 0.5) is 10.1 Å². The van der Waals surface area contributed by atoms with Crippen molar-refractivity contribution in [3.63, 3.8) is 0 Å². The Morgan fingerprint density at radius 3 is 2.65 bits per heavy atom. The SMILES string of the molecule is CCOc1ccc(C=C2SC(=Nc3ccc(F)cc3)NC2=O)cc1OC. The van der Waals surface area contributed by atoms with E-state index in [9.17, 15) is 9.18 Å². The number of nitrogens with one attached hydrogen (secondary N) is 1. The topological polar surface area (TPSA) is 59.9 Å². The van der Waals surface area contributed by atoms with E-state index in [0.717, 1.165) is 5.56 Å². The standard InChI is InChI=1S/C19H17FN2O3S/c1-3-25-15-9-4-12(10-16(15)24-2)11-17-18(23)22-19(26-17)21-14-7-5-13(20)6-8-14/h4-11H,3H2,1-2H3,(H,21,22,23). The molecule has 1 heterocycles. The van der Waals surface area contributed by atoms with Crippen molar-refractivity contribution in [3.05, 3.63) is 58.8 Å². The first-order chi connectivity index (χ1) is 12.6. The molecule has 1 aliphatic rings. The predicted octanol–water partition coefficient (Wildman–Crippen LogP) is 4.12. The summed E-state index contributed by atoms with van der Waals surface area (Å²) in [6.07, 6.45) is 1.76. The maximum absolute atomic E-state index is 13.0. The zero-order valence-corrected chi connectivity index (χ0v) is 15.1. The van der Waals surface area contributed by atoms with Crippen molar-refractivity contribution in [3.8, 4) is 11.5 Å². The second-order valence-corrected chi connectivity index (χ2v) is 6.33. The van der Waals surface area contributed by atoms with Crippen molar-refractivity contribution in [2.24, 2.45) is 4.99 Å². The van der Waals surface area contributed by atoms with E-state index in [1.165, 1.54) is 23.9 Å². The third kappa shape index (κ3) is 4.23. The van der Waals surface area contributed by atoms with Gasteiger partial charge < -0.3 is 14.8 Å². The summed E-state index contributed by atoms with van der Waals surface area (Å²) in [5.74, 6) is 0.690. The Morgan fingerprint density at radius 2 is 1.96 bits per heavy atom. The molecular weight excluding hydrogens is 355 g/mol. The maximum atomic E-state index is 13.0. The number of aliphatic imine (C=N–C) groups is 1. The molecule has 7 heteroatoms. The van der Waals surface area contributed by atoms with Gasteiger partial charge in [0.2, 0.25) is 0 Å². The van der Waals surface area contributed by atoms with Crippen LogP contribution in [0.25, 0.3) is 6.08 Å². The van der Waals surface area contributed by atoms with Gasteiger partial charge in [-0.25, -0.2) is 9.38 Å². The molecule has 1 aliphatic heterocycles. The van der Waals surface area contributed by atoms with Crippen LogP contribution in [0.3, 0.4) is 0 Å². The highest BCUT2D eigenvalue weighted by Crippen LogP contribution is 2.32. The minimum atomic E-state index is -0.331. The van der Waals surface area contributed by atoms with E-state index < -0.39 is 0 Å². The van der Waals surface area contributed by atoms with E-state index in [1.807, 2.05) is 13.0 Å². The quantitative estimate of drug-likeness (QED) is 0.802. The summed E-state index contributed by atoms with van der Waals surface area (Å²) < 4.78 is 23.8. The first kappa shape index (κ1) is 18.0. The number of hydrogen-bond donors (Lipinski definition) is 1. The van der Waals surface area contributed by atoms with E-state index >= 15 is 0 Å². The normalized spacial score (nSPS) is 16.8. The van der Waals surface area contributed by atoms with Gasteiger partial charge >= 0.3 is 0 Å². The minimum Gasteiger partial charge on any atom is -0.493 e. The Morgan fingerprint density at radius 1 is 1.19 bits per heavy atom. The van der Waals surface area contributed by atoms with E-state index in [4.69, 9.17) is 9.47 Å². The monoisotopic (exact) mass is 372 g/mol. The lowest BCUT2D eigenvalue weighted by atomic mass is 10.2. The number of hydrogen-bond acceptors (Lipinski definition) is 5. The van der Waals surface area contributed by atoms with E-state index in [0.29, 0.717) is 33.9 Å².